The highest BCUT2D eigenvalue weighted by Crippen LogP contribution is 2.23. The fourth-order valence-corrected chi connectivity index (χ4v) is 4.41. The highest BCUT2D eigenvalue weighted by atomic mass is 19.1. The first-order valence-electron chi connectivity index (χ1n) is 12.1. The molecule has 6 heteroatoms. The van der Waals surface area contributed by atoms with Gasteiger partial charge >= 0.3 is 0 Å². The lowest BCUT2D eigenvalue weighted by Crippen LogP contribution is -2.43. The van der Waals surface area contributed by atoms with Crippen molar-refractivity contribution in [2.45, 2.75) is 25.9 Å². The van der Waals surface area contributed by atoms with Crippen LogP contribution in [-0.2, 0) is 22.7 Å². The second kappa shape index (κ2) is 11.9. The van der Waals surface area contributed by atoms with E-state index >= 15 is 0 Å². The van der Waals surface area contributed by atoms with Crippen LogP contribution < -0.4 is 0 Å². The number of amides is 2. The number of hydrogen-bond donors (Lipinski definition) is 0. The van der Waals surface area contributed by atoms with E-state index in [9.17, 15) is 14.0 Å². The summed E-state index contributed by atoms with van der Waals surface area (Å²) in [5, 5.41) is 9.06. The Labute approximate surface area is 211 Å². The molecule has 0 saturated carbocycles. The lowest BCUT2D eigenvalue weighted by atomic mass is 9.94. The highest BCUT2D eigenvalue weighted by molar-refractivity contribution is 5.92. The molecule has 1 heterocycles. The maximum absolute atomic E-state index is 13.8. The van der Waals surface area contributed by atoms with Gasteiger partial charge in [-0.15, -0.1) is 0 Å². The van der Waals surface area contributed by atoms with Gasteiger partial charge in [-0.05, 0) is 59.9 Å². The smallest absolute Gasteiger partial charge is 0.246 e. The van der Waals surface area contributed by atoms with Crippen LogP contribution in [0.25, 0.3) is 6.08 Å². The van der Waals surface area contributed by atoms with Gasteiger partial charge in [0.25, 0.3) is 0 Å². The standard InChI is InChI=1S/C30H28FN3O2/c31-28-8-4-7-26(19-28)22-34(21-25-11-9-24(20-32)10-12-25)30(36)27-15-17-33(18-16-27)29(35)14-13-23-5-2-1-3-6-23/h1-14,19,27H,15-18,21-22H2. The minimum Gasteiger partial charge on any atom is -0.339 e. The Balaban J connectivity index is 1.41. The maximum Gasteiger partial charge on any atom is 0.246 e. The van der Waals surface area contributed by atoms with Crippen LogP contribution in [0.1, 0.15) is 35.1 Å². The van der Waals surface area contributed by atoms with Gasteiger partial charge in [-0.1, -0.05) is 54.6 Å². The van der Waals surface area contributed by atoms with Crippen LogP contribution >= 0.6 is 0 Å². The summed E-state index contributed by atoms with van der Waals surface area (Å²) < 4.78 is 13.8. The van der Waals surface area contributed by atoms with Crippen molar-refractivity contribution in [3.05, 3.63) is 113 Å². The average molecular weight is 482 g/mol. The molecule has 1 fully saturated rings. The summed E-state index contributed by atoms with van der Waals surface area (Å²) in [7, 11) is 0. The van der Waals surface area contributed by atoms with Gasteiger partial charge in [-0.25, -0.2) is 4.39 Å². The molecule has 0 atom stereocenters. The molecule has 0 spiro atoms. The lowest BCUT2D eigenvalue weighted by molar-refractivity contribution is -0.140. The van der Waals surface area contributed by atoms with E-state index in [2.05, 4.69) is 6.07 Å². The summed E-state index contributed by atoms with van der Waals surface area (Å²) in [5.41, 5.74) is 3.14. The van der Waals surface area contributed by atoms with E-state index in [4.69, 9.17) is 5.26 Å². The summed E-state index contributed by atoms with van der Waals surface area (Å²) in [6.45, 7) is 1.67. The van der Waals surface area contributed by atoms with E-state index < -0.39 is 0 Å². The van der Waals surface area contributed by atoms with Gasteiger partial charge in [-0.3, -0.25) is 9.59 Å². The van der Waals surface area contributed by atoms with Crippen LogP contribution in [0.4, 0.5) is 4.39 Å². The number of carbonyl (C=O) groups is 2. The van der Waals surface area contributed by atoms with Crippen molar-refractivity contribution < 1.29 is 14.0 Å². The zero-order valence-electron chi connectivity index (χ0n) is 20.0. The van der Waals surface area contributed by atoms with E-state index in [-0.39, 0.29) is 30.1 Å². The molecule has 1 aliphatic heterocycles. The predicted molar refractivity (Wildman–Crippen MR) is 137 cm³/mol. The summed E-state index contributed by atoms with van der Waals surface area (Å²) in [5.74, 6) is -0.609. The Morgan fingerprint density at radius 1 is 0.944 bits per heavy atom. The molecular weight excluding hydrogens is 453 g/mol. The summed E-state index contributed by atoms with van der Waals surface area (Å²) >= 11 is 0. The van der Waals surface area contributed by atoms with Crippen molar-refractivity contribution in [1.29, 1.82) is 5.26 Å². The topological polar surface area (TPSA) is 64.4 Å². The maximum atomic E-state index is 13.8. The van der Waals surface area contributed by atoms with Crippen LogP contribution in [0.5, 0.6) is 0 Å². The van der Waals surface area contributed by atoms with Crippen molar-refractivity contribution in [2.75, 3.05) is 13.1 Å². The molecule has 182 valence electrons. The lowest BCUT2D eigenvalue weighted by Gasteiger charge is -2.34. The number of rotatable bonds is 7. The Hall–Kier alpha value is -4.24. The molecule has 0 bridgehead atoms. The third-order valence-corrected chi connectivity index (χ3v) is 6.40. The highest BCUT2D eigenvalue weighted by Gasteiger charge is 2.30. The van der Waals surface area contributed by atoms with E-state index in [1.807, 2.05) is 48.5 Å². The Bertz CT molecular complexity index is 1260. The fourth-order valence-electron chi connectivity index (χ4n) is 4.41. The third kappa shape index (κ3) is 6.67. The first kappa shape index (κ1) is 24.9. The second-order valence-corrected chi connectivity index (χ2v) is 8.98. The monoisotopic (exact) mass is 481 g/mol. The van der Waals surface area contributed by atoms with E-state index in [0.717, 1.165) is 16.7 Å². The van der Waals surface area contributed by atoms with Gasteiger partial charge < -0.3 is 9.80 Å². The summed E-state index contributed by atoms with van der Waals surface area (Å²) in [4.78, 5) is 29.7. The van der Waals surface area contributed by atoms with Gasteiger partial charge in [0.05, 0.1) is 11.6 Å². The molecule has 0 radical (unpaired) electrons. The number of piperidine rings is 1. The van der Waals surface area contributed by atoms with Crippen molar-refractivity contribution in [1.82, 2.24) is 9.80 Å². The van der Waals surface area contributed by atoms with Crippen LogP contribution in [0.3, 0.4) is 0 Å². The molecule has 5 nitrogen and oxygen atoms in total. The molecule has 0 aliphatic carbocycles. The average Bonchev–Trinajstić information content (AvgIpc) is 2.92. The molecule has 3 aromatic rings. The molecule has 0 aromatic heterocycles. The van der Waals surface area contributed by atoms with Crippen molar-refractivity contribution in [2.24, 2.45) is 5.92 Å². The van der Waals surface area contributed by atoms with E-state index in [0.29, 0.717) is 38.0 Å². The Morgan fingerprint density at radius 3 is 2.31 bits per heavy atom. The van der Waals surface area contributed by atoms with Crippen LogP contribution in [-0.4, -0.2) is 34.7 Å². The normalized spacial score (nSPS) is 13.9. The van der Waals surface area contributed by atoms with Gasteiger partial charge in [0.2, 0.25) is 11.8 Å². The number of carbonyl (C=O) groups excluding carboxylic acids is 2. The molecular formula is C30H28FN3O2. The van der Waals surface area contributed by atoms with Gasteiger partial charge in [0.1, 0.15) is 5.82 Å². The zero-order chi connectivity index (χ0) is 25.3. The minimum absolute atomic E-state index is 0.00412. The Morgan fingerprint density at radius 2 is 1.64 bits per heavy atom. The second-order valence-electron chi connectivity index (χ2n) is 8.98. The SMILES string of the molecule is N#Cc1ccc(CN(Cc2cccc(F)c2)C(=O)C2CCN(C(=O)C=Cc3ccccc3)CC2)cc1. The van der Waals surface area contributed by atoms with E-state index in [1.54, 1.807) is 40.2 Å². The van der Waals surface area contributed by atoms with Gasteiger partial charge in [0.15, 0.2) is 0 Å². The van der Waals surface area contributed by atoms with Crippen LogP contribution in [0.15, 0.2) is 84.9 Å². The molecule has 1 saturated heterocycles. The minimum atomic E-state index is -0.339. The molecule has 0 unspecified atom stereocenters. The summed E-state index contributed by atoms with van der Waals surface area (Å²) in [6.07, 6.45) is 4.55. The summed E-state index contributed by atoms with van der Waals surface area (Å²) in [6, 6.07) is 25.2. The quantitative estimate of drug-likeness (QED) is 0.437. The number of likely N-dealkylation sites (tertiary alicyclic amines) is 1. The number of nitrogens with zero attached hydrogens (tertiary/aromatic N) is 3. The molecule has 1 aliphatic rings. The van der Waals surface area contributed by atoms with Crippen molar-refractivity contribution in [3.63, 3.8) is 0 Å². The zero-order valence-corrected chi connectivity index (χ0v) is 20.0. The first-order chi connectivity index (χ1) is 17.5. The number of halogens is 1. The third-order valence-electron chi connectivity index (χ3n) is 6.40. The van der Waals surface area contributed by atoms with Gasteiger partial charge in [0, 0.05) is 38.2 Å². The number of benzene rings is 3. The molecule has 3 aromatic carbocycles. The van der Waals surface area contributed by atoms with Crippen molar-refractivity contribution >= 4 is 17.9 Å². The number of nitriles is 1. The van der Waals surface area contributed by atoms with Crippen molar-refractivity contribution in [3.8, 4) is 6.07 Å². The van der Waals surface area contributed by atoms with Crippen LogP contribution in [0.2, 0.25) is 0 Å². The molecule has 36 heavy (non-hydrogen) atoms. The predicted octanol–water partition coefficient (Wildman–Crippen LogP) is 5.18. The molecule has 4 rings (SSSR count). The first-order valence-corrected chi connectivity index (χ1v) is 12.1. The fraction of sp³-hybridized carbons (Fsp3) is 0.233. The van der Waals surface area contributed by atoms with Crippen LogP contribution in [0, 0.1) is 23.1 Å². The number of hydrogen-bond acceptors (Lipinski definition) is 3. The largest absolute Gasteiger partial charge is 0.339 e. The van der Waals surface area contributed by atoms with Gasteiger partial charge in [-0.2, -0.15) is 5.26 Å². The molecule has 2 amide bonds. The van der Waals surface area contributed by atoms with E-state index in [1.165, 1.54) is 12.1 Å². The molecule has 0 N–H and O–H groups in total. The Kier molecular flexibility index (Phi) is 8.25.